The van der Waals surface area contributed by atoms with E-state index in [0.29, 0.717) is 17.8 Å². The summed E-state index contributed by atoms with van der Waals surface area (Å²) in [6.45, 7) is 0.917. The molecule has 4 rings (SSSR count). The molecule has 0 saturated carbocycles. The highest BCUT2D eigenvalue weighted by Crippen LogP contribution is 2.34. The number of pyridine rings is 1. The second-order valence-electron chi connectivity index (χ2n) is 7.88. The molecule has 1 unspecified atom stereocenters. The molecule has 7 nitrogen and oxygen atoms in total. The first-order valence-electron chi connectivity index (χ1n) is 9.78. The lowest BCUT2D eigenvalue weighted by Crippen LogP contribution is -2.42. The summed E-state index contributed by atoms with van der Waals surface area (Å²) in [4.78, 5) is 42.2. The molecule has 1 fully saturated rings. The number of alkyl halides is 3. The molecule has 2 aliphatic rings. The van der Waals surface area contributed by atoms with Crippen LogP contribution in [0.5, 0.6) is 0 Å². The number of amides is 4. The molecule has 1 aliphatic heterocycles. The van der Waals surface area contributed by atoms with Crippen LogP contribution in [0.3, 0.4) is 0 Å². The second kappa shape index (κ2) is 7.77. The molecule has 0 bridgehead atoms. The SMILES string of the molecule is CC1(c2ccc3c(c2)CCC3)NC(=O)N(CC(=O)Nc2ncc(C(F)(F)F)cc2Cl)C1=O. The number of nitrogens with zero attached hydrogens (tertiary/aromatic N) is 2. The molecule has 1 atom stereocenters. The van der Waals surface area contributed by atoms with E-state index < -0.39 is 46.7 Å². The van der Waals surface area contributed by atoms with Gasteiger partial charge in [0.25, 0.3) is 5.91 Å². The Morgan fingerprint density at radius 1 is 1.25 bits per heavy atom. The van der Waals surface area contributed by atoms with Crippen LogP contribution in [-0.4, -0.2) is 34.3 Å². The standard InChI is InChI=1S/C21H18ClF3N4O3/c1-20(13-6-5-11-3-2-4-12(11)7-13)18(31)29(19(32)28-20)10-16(30)27-17-15(22)8-14(9-26-17)21(23,24)25/h5-9H,2-4,10H2,1H3,(H,28,32)(H,26,27,30). The first-order valence-corrected chi connectivity index (χ1v) is 10.2. The quantitative estimate of drug-likeness (QED) is 0.673. The van der Waals surface area contributed by atoms with Gasteiger partial charge in [-0.2, -0.15) is 13.2 Å². The van der Waals surface area contributed by atoms with Crippen molar-refractivity contribution in [2.24, 2.45) is 0 Å². The van der Waals surface area contributed by atoms with Gasteiger partial charge in [0, 0.05) is 6.20 Å². The Labute approximate surface area is 185 Å². The van der Waals surface area contributed by atoms with Crippen molar-refractivity contribution in [1.29, 1.82) is 0 Å². The summed E-state index contributed by atoms with van der Waals surface area (Å²) in [5.74, 6) is -1.75. The third-order valence-corrected chi connectivity index (χ3v) is 5.97. The molecule has 1 aromatic carbocycles. The van der Waals surface area contributed by atoms with Gasteiger partial charge >= 0.3 is 12.2 Å². The number of aromatic nitrogens is 1. The Hall–Kier alpha value is -3.14. The number of imide groups is 1. The minimum Gasteiger partial charge on any atom is -0.319 e. The number of hydrogen-bond donors (Lipinski definition) is 2. The van der Waals surface area contributed by atoms with E-state index in [-0.39, 0.29) is 5.82 Å². The van der Waals surface area contributed by atoms with E-state index in [9.17, 15) is 27.6 Å². The molecule has 2 heterocycles. The largest absolute Gasteiger partial charge is 0.417 e. The average Bonchev–Trinajstić information content (AvgIpc) is 3.27. The number of rotatable bonds is 4. The number of hydrogen-bond acceptors (Lipinski definition) is 4. The van der Waals surface area contributed by atoms with Crippen LogP contribution in [0.4, 0.5) is 23.8 Å². The molecule has 0 radical (unpaired) electrons. The van der Waals surface area contributed by atoms with Crippen LogP contribution in [0, 0.1) is 0 Å². The third-order valence-electron chi connectivity index (χ3n) is 5.68. The molecular weight excluding hydrogens is 449 g/mol. The summed E-state index contributed by atoms with van der Waals surface area (Å²) in [7, 11) is 0. The molecule has 32 heavy (non-hydrogen) atoms. The number of aryl methyl sites for hydroxylation is 2. The Balaban J connectivity index is 1.48. The van der Waals surface area contributed by atoms with Gasteiger partial charge in [-0.3, -0.25) is 14.5 Å². The highest BCUT2D eigenvalue weighted by atomic mass is 35.5. The van der Waals surface area contributed by atoms with E-state index in [1.165, 1.54) is 5.56 Å². The Bertz CT molecular complexity index is 1140. The summed E-state index contributed by atoms with van der Waals surface area (Å²) in [6, 6.07) is 5.51. The fourth-order valence-corrected chi connectivity index (χ4v) is 4.13. The highest BCUT2D eigenvalue weighted by Gasteiger charge is 2.49. The number of halogens is 4. The van der Waals surface area contributed by atoms with Crippen molar-refractivity contribution in [3.63, 3.8) is 0 Å². The summed E-state index contributed by atoms with van der Waals surface area (Å²) in [6.07, 6.45) is -1.21. The van der Waals surface area contributed by atoms with Crippen LogP contribution in [0.2, 0.25) is 5.02 Å². The number of anilines is 1. The van der Waals surface area contributed by atoms with E-state index in [1.54, 1.807) is 13.0 Å². The molecule has 168 valence electrons. The van der Waals surface area contributed by atoms with Gasteiger partial charge in [0.1, 0.15) is 12.1 Å². The van der Waals surface area contributed by atoms with E-state index in [2.05, 4.69) is 15.6 Å². The lowest BCUT2D eigenvalue weighted by Gasteiger charge is -2.23. The van der Waals surface area contributed by atoms with Gasteiger partial charge in [-0.25, -0.2) is 9.78 Å². The van der Waals surface area contributed by atoms with Gasteiger partial charge in [-0.1, -0.05) is 29.8 Å². The van der Waals surface area contributed by atoms with Crippen LogP contribution >= 0.6 is 11.6 Å². The summed E-state index contributed by atoms with van der Waals surface area (Å²) in [5.41, 5.74) is 0.557. The van der Waals surface area contributed by atoms with Gasteiger partial charge in [-0.15, -0.1) is 0 Å². The third kappa shape index (κ3) is 3.90. The molecule has 2 aromatic rings. The number of nitrogens with one attached hydrogen (secondary N) is 2. The van der Waals surface area contributed by atoms with Crippen molar-refractivity contribution in [3.05, 3.63) is 57.7 Å². The predicted molar refractivity (Wildman–Crippen MR) is 109 cm³/mol. The lowest BCUT2D eigenvalue weighted by molar-refractivity contribution is -0.137. The van der Waals surface area contributed by atoms with E-state index in [1.807, 2.05) is 12.1 Å². The summed E-state index contributed by atoms with van der Waals surface area (Å²) in [5, 5.41) is 4.44. The van der Waals surface area contributed by atoms with Crippen molar-refractivity contribution in [2.45, 2.75) is 37.9 Å². The monoisotopic (exact) mass is 466 g/mol. The Kier molecular flexibility index (Phi) is 5.36. The average molecular weight is 467 g/mol. The van der Waals surface area contributed by atoms with Crippen LogP contribution < -0.4 is 10.6 Å². The van der Waals surface area contributed by atoms with Crippen molar-refractivity contribution in [2.75, 3.05) is 11.9 Å². The zero-order valence-corrected chi connectivity index (χ0v) is 17.6. The van der Waals surface area contributed by atoms with Gasteiger partial charge < -0.3 is 10.6 Å². The van der Waals surface area contributed by atoms with Crippen molar-refractivity contribution in [3.8, 4) is 0 Å². The van der Waals surface area contributed by atoms with Gasteiger partial charge in [0.05, 0.1) is 10.6 Å². The fraction of sp³-hybridized carbons (Fsp3) is 0.333. The molecule has 1 aliphatic carbocycles. The number of benzene rings is 1. The van der Waals surface area contributed by atoms with Crippen molar-refractivity contribution < 1.29 is 27.6 Å². The number of fused-ring (bicyclic) bond motifs is 1. The van der Waals surface area contributed by atoms with Crippen LogP contribution in [0.15, 0.2) is 30.5 Å². The van der Waals surface area contributed by atoms with Crippen molar-refractivity contribution in [1.82, 2.24) is 15.2 Å². The number of urea groups is 1. The smallest absolute Gasteiger partial charge is 0.319 e. The first kappa shape index (κ1) is 22.1. The van der Waals surface area contributed by atoms with Crippen LogP contribution in [0.25, 0.3) is 0 Å². The zero-order valence-electron chi connectivity index (χ0n) is 16.8. The molecule has 0 spiro atoms. The van der Waals surface area contributed by atoms with Crippen LogP contribution in [-0.2, 0) is 34.1 Å². The normalized spacial score (nSPS) is 20.3. The maximum atomic E-state index is 13.0. The highest BCUT2D eigenvalue weighted by molar-refractivity contribution is 6.33. The maximum absolute atomic E-state index is 13.0. The Morgan fingerprint density at radius 3 is 2.66 bits per heavy atom. The minimum absolute atomic E-state index is 0.307. The van der Waals surface area contributed by atoms with Gasteiger partial charge in [0.2, 0.25) is 5.91 Å². The Morgan fingerprint density at radius 2 is 1.97 bits per heavy atom. The van der Waals surface area contributed by atoms with E-state index >= 15 is 0 Å². The number of carbonyl (C=O) groups is 3. The lowest BCUT2D eigenvalue weighted by atomic mass is 9.89. The molecule has 2 N–H and O–H groups in total. The number of carbonyl (C=O) groups excluding carboxylic acids is 3. The molecular formula is C21H18ClF3N4O3. The zero-order chi connectivity index (χ0) is 23.3. The summed E-state index contributed by atoms with van der Waals surface area (Å²) >= 11 is 5.79. The predicted octanol–water partition coefficient (Wildman–Crippen LogP) is 3.65. The molecule has 4 amide bonds. The van der Waals surface area contributed by atoms with Gasteiger partial charge in [0.15, 0.2) is 5.82 Å². The molecule has 1 saturated heterocycles. The minimum atomic E-state index is -4.64. The second-order valence-corrected chi connectivity index (χ2v) is 8.29. The van der Waals surface area contributed by atoms with Crippen LogP contribution in [0.1, 0.15) is 35.6 Å². The fourth-order valence-electron chi connectivity index (χ4n) is 3.92. The van der Waals surface area contributed by atoms with E-state index in [4.69, 9.17) is 11.6 Å². The van der Waals surface area contributed by atoms with Crippen molar-refractivity contribution >= 4 is 35.3 Å². The van der Waals surface area contributed by atoms with E-state index in [0.717, 1.165) is 29.7 Å². The van der Waals surface area contributed by atoms with Gasteiger partial charge in [-0.05, 0) is 48.9 Å². The first-order chi connectivity index (χ1) is 15.0. The molecule has 1 aromatic heterocycles. The summed E-state index contributed by atoms with van der Waals surface area (Å²) < 4.78 is 38.2. The topological polar surface area (TPSA) is 91.4 Å². The maximum Gasteiger partial charge on any atom is 0.417 e. The molecule has 11 heteroatoms.